The lowest BCUT2D eigenvalue weighted by atomic mass is 10.0. The molecule has 7 nitrogen and oxygen atoms in total. The number of nitrogens with zero attached hydrogens (tertiary/aromatic N) is 1. The molecule has 1 aromatic heterocycles. The Morgan fingerprint density at radius 3 is 2.63 bits per heavy atom. The molecule has 2 amide bonds. The Morgan fingerprint density at radius 1 is 1.13 bits per heavy atom. The van der Waals surface area contributed by atoms with E-state index in [-0.39, 0.29) is 25.0 Å². The number of para-hydroxylation sites is 1. The molecule has 30 heavy (non-hydrogen) atoms. The fourth-order valence-electron chi connectivity index (χ4n) is 3.70. The zero-order chi connectivity index (χ0) is 21.3. The van der Waals surface area contributed by atoms with Crippen LogP contribution < -0.4 is 10.2 Å². The summed E-state index contributed by atoms with van der Waals surface area (Å²) in [6, 6.07) is 10.3. The number of carbonyl (C=O) groups is 3. The molecule has 1 saturated carbocycles. The summed E-state index contributed by atoms with van der Waals surface area (Å²) in [6.45, 7) is -0.0984. The van der Waals surface area contributed by atoms with Gasteiger partial charge in [0.05, 0.1) is 24.1 Å². The Labute approximate surface area is 176 Å². The molecule has 3 rings (SSSR count). The molecule has 0 bridgehead atoms. The lowest BCUT2D eigenvalue weighted by Crippen LogP contribution is -2.33. The van der Waals surface area contributed by atoms with E-state index in [4.69, 9.17) is 9.15 Å². The standard InChI is InChI=1S/C23H28N2O5/c1-25(21(26)16-30-22(27)13-12-17-7-2-3-8-17)20-11-5-4-10-19(20)23(28)24-15-18-9-6-14-29-18/h4-6,9-11,14,17H,2-3,7-8,12-13,15-16H2,1H3,(H,24,28). The summed E-state index contributed by atoms with van der Waals surface area (Å²) in [5, 5.41) is 2.77. The minimum atomic E-state index is -0.393. The zero-order valence-corrected chi connectivity index (χ0v) is 17.3. The highest BCUT2D eigenvalue weighted by Gasteiger charge is 2.21. The van der Waals surface area contributed by atoms with Crippen molar-refractivity contribution < 1.29 is 23.5 Å². The van der Waals surface area contributed by atoms with Crippen LogP contribution in [0.15, 0.2) is 47.1 Å². The van der Waals surface area contributed by atoms with Crippen molar-refractivity contribution in [2.75, 3.05) is 18.6 Å². The maximum atomic E-state index is 12.6. The van der Waals surface area contributed by atoms with Crippen LogP contribution in [0, 0.1) is 5.92 Å². The third kappa shape index (κ3) is 5.95. The number of rotatable bonds is 9. The maximum absolute atomic E-state index is 12.6. The summed E-state index contributed by atoms with van der Waals surface area (Å²) in [5.74, 6) is 0.163. The molecule has 0 spiro atoms. The molecule has 1 aromatic carbocycles. The van der Waals surface area contributed by atoms with Crippen LogP contribution in [0.4, 0.5) is 5.69 Å². The summed E-state index contributed by atoms with van der Waals surface area (Å²) < 4.78 is 10.4. The molecule has 0 aliphatic heterocycles. The number of hydrogen-bond acceptors (Lipinski definition) is 5. The second-order valence-electron chi connectivity index (χ2n) is 7.58. The van der Waals surface area contributed by atoms with Crippen LogP contribution in [-0.2, 0) is 20.9 Å². The van der Waals surface area contributed by atoms with Crippen molar-refractivity contribution in [2.24, 2.45) is 5.92 Å². The lowest BCUT2D eigenvalue weighted by molar-refractivity contribution is -0.148. The van der Waals surface area contributed by atoms with Gasteiger partial charge >= 0.3 is 5.97 Å². The van der Waals surface area contributed by atoms with Crippen molar-refractivity contribution in [3.63, 3.8) is 0 Å². The van der Waals surface area contributed by atoms with E-state index in [0.29, 0.717) is 29.3 Å². The van der Waals surface area contributed by atoms with E-state index in [1.807, 2.05) is 0 Å². The number of anilines is 1. The van der Waals surface area contributed by atoms with Crippen molar-refractivity contribution in [3.8, 4) is 0 Å². The highest BCUT2D eigenvalue weighted by molar-refractivity contribution is 6.05. The molecule has 160 valence electrons. The number of likely N-dealkylation sites (N-methyl/N-ethyl adjacent to an activating group) is 1. The number of hydrogen-bond donors (Lipinski definition) is 1. The quantitative estimate of drug-likeness (QED) is 0.635. The molecule has 0 saturated heterocycles. The maximum Gasteiger partial charge on any atom is 0.306 e. The molecule has 1 aliphatic rings. The summed E-state index contributed by atoms with van der Waals surface area (Å²) in [6.07, 6.45) is 7.52. The first-order valence-corrected chi connectivity index (χ1v) is 10.4. The van der Waals surface area contributed by atoms with Crippen LogP contribution >= 0.6 is 0 Å². The Hall–Kier alpha value is -3.09. The largest absolute Gasteiger partial charge is 0.467 e. The van der Waals surface area contributed by atoms with Crippen LogP contribution in [0.3, 0.4) is 0 Å². The van der Waals surface area contributed by atoms with Gasteiger partial charge in [0.15, 0.2) is 6.61 Å². The van der Waals surface area contributed by atoms with Crippen molar-refractivity contribution >= 4 is 23.5 Å². The number of nitrogens with one attached hydrogen (secondary N) is 1. The van der Waals surface area contributed by atoms with Crippen LogP contribution in [0.2, 0.25) is 0 Å². The smallest absolute Gasteiger partial charge is 0.306 e. The molecule has 2 aromatic rings. The van der Waals surface area contributed by atoms with Gasteiger partial charge in [-0.2, -0.15) is 0 Å². The monoisotopic (exact) mass is 412 g/mol. The van der Waals surface area contributed by atoms with Gasteiger partial charge in [0.25, 0.3) is 11.8 Å². The summed E-state index contributed by atoms with van der Waals surface area (Å²) >= 11 is 0. The van der Waals surface area contributed by atoms with E-state index in [2.05, 4.69) is 5.32 Å². The van der Waals surface area contributed by atoms with Crippen LogP contribution in [0.1, 0.15) is 54.6 Å². The highest BCUT2D eigenvalue weighted by Crippen LogP contribution is 2.28. The Balaban J connectivity index is 1.52. The predicted molar refractivity (Wildman–Crippen MR) is 112 cm³/mol. The van der Waals surface area contributed by atoms with Crippen LogP contribution in [0.25, 0.3) is 0 Å². The predicted octanol–water partition coefficient (Wildman–Crippen LogP) is 3.69. The third-order valence-corrected chi connectivity index (χ3v) is 5.48. The van der Waals surface area contributed by atoms with E-state index in [1.54, 1.807) is 43.4 Å². The van der Waals surface area contributed by atoms with Gasteiger partial charge in [-0.05, 0) is 36.6 Å². The van der Waals surface area contributed by atoms with Gasteiger partial charge in [-0.25, -0.2) is 0 Å². The molecular weight excluding hydrogens is 384 g/mol. The first-order valence-electron chi connectivity index (χ1n) is 10.4. The van der Waals surface area contributed by atoms with Crippen LogP contribution in [-0.4, -0.2) is 31.4 Å². The van der Waals surface area contributed by atoms with Crippen molar-refractivity contribution in [3.05, 3.63) is 54.0 Å². The fourth-order valence-corrected chi connectivity index (χ4v) is 3.70. The molecule has 1 fully saturated rings. The number of furan rings is 1. The van der Waals surface area contributed by atoms with E-state index < -0.39 is 5.91 Å². The van der Waals surface area contributed by atoms with Crippen molar-refractivity contribution in [2.45, 2.75) is 45.1 Å². The van der Waals surface area contributed by atoms with Crippen molar-refractivity contribution in [1.82, 2.24) is 5.32 Å². The molecule has 1 N–H and O–H groups in total. The zero-order valence-electron chi connectivity index (χ0n) is 17.3. The van der Waals surface area contributed by atoms with Gasteiger partial charge < -0.3 is 19.4 Å². The first-order chi connectivity index (χ1) is 14.5. The van der Waals surface area contributed by atoms with Crippen LogP contribution in [0.5, 0.6) is 0 Å². The van der Waals surface area contributed by atoms with Crippen molar-refractivity contribution in [1.29, 1.82) is 0 Å². The van der Waals surface area contributed by atoms with Gasteiger partial charge in [0, 0.05) is 13.5 Å². The average Bonchev–Trinajstić information content (AvgIpc) is 3.48. The number of esters is 1. The first kappa shape index (κ1) is 21.6. The number of amides is 2. The Bertz CT molecular complexity index is 856. The molecule has 0 radical (unpaired) electrons. The topological polar surface area (TPSA) is 88.8 Å². The van der Waals surface area contributed by atoms with Gasteiger partial charge in [-0.15, -0.1) is 0 Å². The highest BCUT2D eigenvalue weighted by atomic mass is 16.5. The number of benzene rings is 1. The fraction of sp³-hybridized carbons (Fsp3) is 0.435. The Morgan fingerprint density at radius 2 is 1.90 bits per heavy atom. The lowest BCUT2D eigenvalue weighted by Gasteiger charge is -2.20. The minimum Gasteiger partial charge on any atom is -0.467 e. The second-order valence-corrected chi connectivity index (χ2v) is 7.58. The minimum absolute atomic E-state index is 0.246. The molecule has 1 aliphatic carbocycles. The van der Waals surface area contributed by atoms with Gasteiger partial charge in [0.2, 0.25) is 0 Å². The number of ether oxygens (including phenoxy) is 1. The summed E-state index contributed by atoms with van der Waals surface area (Å²) in [5.41, 5.74) is 0.800. The molecule has 7 heteroatoms. The van der Waals surface area contributed by atoms with E-state index >= 15 is 0 Å². The Kier molecular flexibility index (Phi) is 7.65. The van der Waals surface area contributed by atoms with E-state index in [0.717, 1.165) is 6.42 Å². The number of carbonyl (C=O) groups excluding carboxylic acids is 3. The average molecular weight is 412 g/mol. The van der Waals surface area contributed by atoms with Gasteiger partial charge in [0.1, 0.15) is 5.76 Å². The molecule has 0 unspecified atom stereocenters. The molecule has 1 heterocycles. The van der Waals surface area contributed by atoms with E-state index in [9.17, 15) is 14.4 Å². The SMILES string of the molecule is CN(C(=O)COC(=O)CCC1CCCC1)c1ccccc1C(=O)NCc1ccco1. The molecular formula is C23H28N2O5. The normalized spacial score (nSPS) is 13.8. The third-order valence-electron chi connectivity index (χ3n) is 5.48. The van der Waals surface area contributed by atoms with Gasteiger partial charge in [-0.3, -0.25) is 14.4 Å². The second kappa shape index (κ2) is 10.6. The molecule has 0 atom stereocenters. The summed E-state index contributed by atoms with van der Waals surface area (Å²) in [4.78, 5) is 38.4. The van der Waals surface area contributed by atoms with E-state index in [1.165, 1.54) is 36.8 Å². The van der Waals surface area contributed by atoms with Gasteiger partial charge in [-0.1, -0.05) is 37.8 Å². The summed E-state index contributed by atoms with van der Waals surface area (Å²) in [7, 11) is 1.56.